The average Bonchev–Trinajstić information content (AvgIpc) is 3.13. The molecule has 1 aliphatic heterocycles. The van der Waals surface area contributed by atoms with E-state index in [1.54, 1.807) is 22.5 Å². The molecular formula is C21H22ClN3O4S. The van der Waals surface area contributed by atoms with Gasteiger partial charge in [0.15, 0.2) is 0 Å². The number of amides is 1. The lowest BCUT2D eigenvalue weighted by molar-refractivity contribution is -0.0238. The summed E-state index contributed by atoms with van der Waals surface area (Å²) in [6, 6.07) is 14.5. The minimum absolute atomic E-state index is 0.0795. The minimum atomic E-state index is -3.05. The summed E-state index contributed by atoms with van der Waals surface area (Å²) >= 11 is 6.14. The highest BCUT2D eigenvalue weighted by atomic mass is 35.5. The molecule has 1 amide bonds. The van der Waals surface area contributed by atoms with E-state index in [0.717, 1.165) is 5.75 Å². The van der Waals surface area contributed by atoms with Crippen molar-refractivity contribution in [1.29, 1.82) is 0 Å². The van der Waals surface area contributed by atoms with Gasteiger partial charge in [-0.1, -0.05) is 29.8 Å². The maximum atomic E-state index is 13.9. The Bertz CT molecular complexity index is 1180. The fraction of sp³-hybridized carbons (Fsp3) is 0.238. The van der Waals surface area contributed by atoms with Gasteiger partial charge in [-0.2, -0.15) is 0 Å². The number of nitrogens with zero attached hydrogens (tertiary/aromatic N) is 1. The van der Waals surface area contributed by atoms with E-state index < -0.39 is 15.6 Å². The molecule has 9 heteroatoms. The van der Waals surface area contributed by atoms with Crippen LogP contribution in [-0.4, -0.2) is 57.7 Å². The summed E-state index contributed by atoms with van der Waals surface area (Å²) < 4.78 is 27.2. The molecule has 2 aromatic carbocycles. The van der Waals surface area contributed by atoms with Gasteiger partial charge in [0.25, 0.3) is 5.91 Å². The zero-order chi connectivity index (χ0) is 21.3. The van der Waals surface area contributed by atoms with Gasteiger partial charge < -0.3 is 20.2 Å². The first-order chi connectivity index (χ1) is 14.4. The molecule has 30 heavy (non-hydrogen) atoms. The minimum Gasteiger partial charge on any atom is -0.491 e. The van der Waals surface area contributed by atoms with Crippen molar-refractivity contribution in [3.8, 4) is 5.75 Å². The van der Waals surface area contributed by atoms with E-state index in [-0.39, 0.29) is 16.7 Å². The third kappa shape index (κ3) is 4.04. The summed E-state index contributed by atoms with van der Waals surface area (Å²) in [6.45, 7) is 1.40. The number of ether oxygens (including phenoxy) is 2. The van der Waals surface area contributed by atoms with Crippen LogP contribution >= 0.6 is 11.6 Å². The number of benzene rings is 2. The molecule has 3 N–H and O–H groups in total. The Kier molecular flexibility index (Phi) is 5.75. The Labute approximate surface area is 179 Å². The second-order valence-corrected chi connectivity index (χ2v) is 9.67. The molecule has 2 atom stereocenters. The van der Waals surface area contributed by atoms with Crippen LogP contribution in [0.25, 0.3) is 10.9 Å². The second-order valence-electron chi connectivity index (χ2n) is 7.03. The number of morpholine rings is 1. The molecule has 1 fully saturated rings. The number of aromatic amines is 1. The zero-order valence-electron chi connectivity index (χ0n) is 16.2. The quantitative estimate of drug-likeness (QED) is 0.567. The SMILES string of the molecule is C=S(=O)(c1c(C(N)=O)[nH]c2ccc(Cl)cc12)N1CCO[C@@H](COc2ccccc2)C1. The van der Waals surface area contributed by atoms with Crippen molar-refractivity contribution < 1.29 is 18.5 Å². The number of hydrogen-bond donors (Lipinski definition) is 2. The normalized spacial score (nSPS) is 19.4. The second kappa shape index (κ2) is 8.31. The van der Waals surface area contributed by atoms with Gasteiger partial charge in [0.2, 0.25) is 0 Å². The zero-order valence-corrected chi connectivity index (χ0v) is 17.7. The Hall–Kier alpha value is -2.52. The van der Waals surface area contributed by atoms with Crippen LogP contribution in [0.2, 0.25) is 5.02 Å². The molecule has 0 spiro atoms. The Morgan fingerprint density at radius 1 is 1.33 bits per heavy atom. The fourth-order valence-corrected chi connectivity index (χ4v) is 5.73. The van der Waals surface area contributed by atoms with Crippen molar-refractivity contribution in [3.63, 3.8) is 0 Å². The van der Waals surface area contributed by atoms with Gasteiger partial charge in [-0.15, -0.1) is 0 Å². The number of hydrogen-bond acceptors (Lipinski definition) is 4. The van der Waals surface area contributed by atoms with E-state index in [9.17, 15) is 9.00 Å². The summed E-state index contributed by atoms with van der Waals surface area (Å²) in [6.07, 6.45) is -0.299. The number of carbonyl (C=O) groups excluding carboxylic acids is 1. The molecular weight excluding hydrogens is 426 g/mol. The van der Waals surface area contributed by atoms with Gasteiger partial charge in [0.1, 0.15) is 24.2 Å². The average molecular weight is 448 g/mol. The van der Waals surface area contributed by atoms with Gasteiger partial charge in [-0.3, -0.25) is 4.79 Å². The Morgan fingerprint density at radius 3 is 2.83 bits per heavy atom. The van der Waals surface area contributed by atoms with Gasteiger partial charge in [0.05, 0.1) is 21.2 Å². The molecule has 0 radical (unpaired) electrons. The smallest absolute Gasteiger partial charge is 0.266 e. The van der Waals surface area contributed by atoms with Crippen molar-refractivity contribution in [3.05, 3.63) is 59.2 Å². The van der Waals surface area contributed by atoms with Crippen LogP contribution in [0.1, 0.15) is 10.5 Å². The molecule has 0 saturated carbocycles. The summed E-state index contributed by atoms with van der Waals surface area (Å²) in [5.41, 5.74) is 6.26. The number of primary amides is 1. The highest BCUT2D eigenvalue weighted by molar-refractivity contribution is 7.98. The first kappa shape index (κ1) is 20.7. The number of H-pyrrole nitrogens is 1. The fourth-order valence-electron chi connectivity index (χ4n) is 3.54. The van der Waals surface area contributed by atoms with Crippen molar-refractivity contribution in [1.82, 2.24) is 9.29 Å². The first-order valence-corrected chi connectivity index (χ1v) is 11.5. The van der Waals surface area contributed by atoms with Gasteiger partial charge in [-0.25, -0.2) is 8.51 Å². The number of aromatic nitrogens is 1. The lowest BCUT2D eigenvalue weighted by Crippen LogP contribution is -2.47. The topological polar surface area (TPSA) is 97.7 Å². The largest absolute Gasteiger partial charge is 0.491 e. The molecule has 0 aliphatic carbocycles. The molecule has 1 aromatic heterocycles. The number of nitrogens with two attached hydrogens (primary N) is 1. The number of carbonyl (C=O) groups is 1. The molecule has 0 bridgehead atoms. The van der Waals surface area contributed by atoms with E-state index in [1.165, 1.54) is 0 Å². The van der Waals surface area contributed by atoms with Crippen molar-refractivity contribution in [2.75, 3.05) is 26.3 Å². The predicted molar refractivity (Wildman–Crippen MR) is 119 cm³/mol. The van der Waals surface area contributed by atoms with Crippen LogP contribution in [0.3, 0.4) is 0 Å². The Balaban J connectivity index is 1.62. The predicted octanol–water partition coefficient (Wildman–Crippen LogP) is 2.69. The third-order valence-corrected chi connectivity index (χ3v) is 7.44. The summed E-state index contributed by atoms with van der Waals surface area (Å²) in [4.78, 5) is 15.3. The van der Waals surface area contributed by atoms with Gasteiger partial charge in [0, 0.05) is 29.0 Å². The maximum absolute atomic E-state index is 13.9. The summed E-state index contributed by atoms with van der Waals surface area (Å²) in [5, 5.41) is 1.03. The van der Waals surface area contributed by atoms with Gasteiger partial charge in [-0.05, 0) is 36.2 Å². The van der Waals surface area contributed by atoms with Crippen LogP contribution in [0.15, 0.2) is 53.4 Å². The summed E-state index contributed by atoms with van der Waals surface area (Å²) in [7, 11) is -3.05. The highest BCUT2D eigenvalue weighted by Crippen LogP contribution is 2.32. The van der Waals surface area contributed by atoms with E-state index in [2.05, 4.69) is 10.9 Å². The number of halogens is 1. The molecule has 158 valence electrons. The van der Waals surface area contributed by atoms with Crippen LogP contribution < -0.4 is 10.5 Å². The molecule has 7 nitrogen and oxygen atoms in total. The van der Waals surface area contributed by atoms with E-state index in [1.807, 2.05) is 30.3 Å². The monoisotopic (exact) mass is 447 g/mol. The van der Waals surface area contributed by atoms with Crippen LogP contribution in [-0.2, 0) is 14.4 Å². The van der Waals surface area contributed by atoms with E-state index in [4.69, 9.17) is 26.8 Å². The molecule has 3 aromatic rings. The number of para-hydroxylation sites is 1. The maximum Gasteiger partial charge on any atom is 0.266 e. The molecule has 4 rings (SSSR count). The standard InChI is InChI=1S/C21H22ClN3O4S/c1-30(27,20-17-11-14(22)7-8-18(17)24-19(20)21(23)26)25-9-10-28-16(12-25)13-29-15-5-3-2-4-6-15/h2-8,11,16,24H,1,9-10,12-13H2,(H2,23,26)/t16-,30?/m1/s1. The summed E-state index contributed by atoms with van der Waals surface area (Å²) in [5.74, 6) is 4.03. The lowest BCUT2D eigenvalue weighted by atomic mass is 10.2. The molecule has 1 saturated heterocycles. The van der Waals surface area contributed by atoms with E-state index >= 15 is 0 Å². The third-order valence-electron chi connectivity index (χ3n) is 4.98. The van der Waals surface area contributed by atoms with Crippen LogP contribution in [0.4, 0.5) is 0 Å². The number of fused-ring (bicyclic) bond motifs is 1. The lowest BCUT2D eigenvalue weighted by Gasteiger charge is -2.34. The number of nitrogens with one attached hydrogen (secondary N) is 1. The highest BCUT2D eigenvalue weighted by Gasteiger charge is 2.32. The Morgan fingerprint density at radius 2 is 2.10 bits per heavy atom. The van der Waals surface area contributed by atoms with Crippen LogP contribution in [0, 0.1) is 0 Å². The molecule has 1 aliphatic rings. The van der Waals surface area contributed by atoms with Crippen molar-refractivity contribution in [2.24, 2.45) is 5.73 Å². The molecule has 1 unspecified atom stereocenters. The van der Waals surface area contributed by atoms with Crippen LogP contribution in [0.5, 0.6) is 5.75 Å². The van der Waals surface area contributed by atoms with Gasteiger partial charge >= 0.3 is 0 Å². The molecule has 2 heterocycles. The number of rotatable bonds is 6. The van der Waals surface area contributed by atoms with Crippen molar-refractivity contribution in [2.45, 2.75) is 11.0 Å². The first-order valence-electron chi connectivity index (χ1n) is 9.39. The van der Waals surface area contributed by atoms with E-state index in [0.29, 0.717) is 42.2 Å². The van der Waals surface area contributed by atoms with Crippen molar-refractivity contribution >= 4 is 44.0 Å².